The number of unbranched alkanes of at least 4 members (excludes halogenated alkanes) is 1. The Bertz CT molecular complexity index is 201. The Balaban J connectivity index is 1.65. The Morgan fingerprint density at radius 3 is 2.11 bits per heavy atom. The average molecular weight is 294 g/mol. The van der Waals surface area contributed by atoms with Gasteiger partial charge in [-0.2, -0.15) is 0 Å². The third-order valence-electron chi connectivity index (χ3n) is 3.15. The van der Waals surface area contributed by atoms with Crippen LogP contribution >= 0.6 is 11.6 Å². The molecule has 0 aromatic heterocycles. The summed E-state index contributed by atoms with van der Waals surface area (Å²) in [6, 6.07) is 0.600. The second-order valence-corrected chi connectivity index (χ2v) is 5.53. The van der Waals surface area contributed by atoms with Crippen LogP contribution in [0.2, 0.25) is 0 Å². The lowest BCUT2D eigenvalue weighted by Gasteiger charge is -2.31. The van der Waals surface area contributed by atoms with Crippen LogP contribution in [-0.2, 0) is 14.2 Å². The summed E-state index contributed by atoms with van der Waals surface area (Å²) in [5.41, 5.74) is 0. The Labute approximate surface area is 122 Å². The van der Waals surface area contributed by atoms with Gasteiger partial charge in [0.1, 0.15) is 0 Å². The highest BCUT2D eigenvalue weighted by atomic mass is 35.5. The fourth-order valence-corrected chi connectivity index (χ4v) is 2.27. The van der Waals surface area contributed by atoms with Crippen LogP contribution < -0.4 is 5.32 Å². The molecular formula is C14H28ClNO3. The lowest BCUT2D eigenvalue weighted by atomic mass is 9.92. The Morgan fingerprint density at radius 2 is 1.53 bits per heavy atom. The van der Waals surface area contributed by atoms with Crippen LogP contribution in [0.3, 0.4) is 0 Å². The van der Waals surface area contributed by atoms with Gasteiger partial charge in [-0.25, -0.2) is 0 Å². The molecule has 1 aliphatic carbocycles. The van der Waals surface area contributed by atoms with E-state index >= 15 is 0 Å². The van der Waals surface area contributed by atoms with Crippen molar-refractivity contribution in [3.05, 3.63) is 0 Å². The maximum atomic E-state index is 5.90. The highest BCUT2D eigenvalue weighted by Crippen LogP contribution is 2.24. The van der Waals surface area contributed by atoms with Crippen molar-refractivity contribution in [1.29, 1.82) is 0 Å². The van der Waals surface area contributed by atoms with Crippen molar-refractivity contribution in [2.24, 2.45) is 0 Å². The van der Waals surface area contributed by atoms with E-state index in [-0.39, 0.29) is 0 Å². The Kier molecular flexibility index (Phi) is 10.8. The third kappa shape index (κ3) is 9.63. The van der Waals surface area contributed by atoms with E-state index in [1.54, 1.807) is 0 Å². The van der Waals surface area contributed by atoms with Crippen LogP contribution in [0.1, 0.15) is 32.6 Å². The van der Waals surface area contributed by atoms with Gasteiger partial charge in [0.05, 0.1) is 33.0 Å². The first-order chi connectivity index (χ1) is 9.33. The largest absolute Gasteiger partial charge is 0.379 e. The van der Waals surface area contributed by atoms with E-state index in [4.69, 9.17) is 25.8 Å². The van der Waals surface area contributed by atoms with E-state index in [1.807, 2.05) is 0 Å². The summed E-state index contributed by atoms with van der Waals surface area (Å²) in [6.07, 6.45) is 4.47. The van der Waals surface area contributed by atoms with E-state index in [1.165, 1.54) is 6.42 Å². The van der Waals surface area contributed by atoms with Crippen LogP contribution in [0.15, 0.2) is 0 Å². The maximum Gasteiger partial charge on any atom is 0.0701 e. The molecule has 1 N–H and O–H groups in total. The minimum atomic E-state index is 0.381. The van der Waals surface area contributed by atoms with E-state index in [0.717, 1.165) is 39.0 Å². The number of nitrogens with one attached hydrogen (secondary N) is 1. The summed E-state index contributed by atoms with van der Waals surface area (Å²) >= 11 is 5.90. The monoisotopic (exact) mass is 293 g/mol. The summed E-state index contributed by atoms with van der Waals surface area (Å²) in [5.74, 6) is 0. The van der Waals surface area contributed by atoms with Gasteiger partial charge in [-0.3, -0.25) is 0 Å². The standard InChI is InChI=1S/C14H28ClNO3/c1-2-3-5-17-7-9-19-10-8-18-6-4-16-14-11-13(15)12-14/h13-14,16H,2-12H2,1H3. The summed E-state index contributed by atoms with van der Waals surface area (Å²) in [5, 5.41) is 3.79. The summed E-state index contributed by atoms with van der Waals surface area (Å²) in [7, 11) is 0. The van der Waals surface area contributed by atoms with Gasteiger partial charge in [-0.05, 0) is 19.3 Å². The molecule has 0 atom stereocenters. The molecule has 0 unspecified atom stereocenters. The lowest BCUT2D eigenvalue weighted by molar-refractivity contribution is 0.0141. The maximum absolute atomic E-state index is 5.90. The quantitative estimate of drug-likeness (QED) is 0.417. The van der Waals surface area contributed by atoms with Gasteiger partial charge in [0.25, 0.3) is 0 Å². The SMILES string of the molecule is CCCCOCCOCCOCCNC1CC(Cl)C1. The normalized spacial score (nSPS) is 22.4. The molecule has 114 valence electrons. The fourth-order valence-electron chi connectivity index (χ4n) is 1.84. The molecule has 0 aliphatic heterocycles. The summed E-state index contributed by atoms with van der Waals surface area (Å²) in [4.78, 5) is 0. The zero-order chi connectivity index (χ0) is 13.8. The average Bonchev–Trinajstić information content (AvgIpc) is 2.37. The molecule has 0 aromatic carbocycles. The van der Waals surface area contributed by atoms with Crippen molar-refractivity contribution in [3.8, 4) is 0 Å². The zero-order valence-electron chi connectivity index (χ0n) is 12.0. The zero-order valence-corrected chi connectivity index (χ0v) is 12.8. The second kappa shape index (κ2) is 11.9. The van der Waals surface area contributed by atoms with Crippen molar-refractivity contribution < 1.29 is 14.2 Å². The molecular weight excluding hydrogens is 266 g/mol. The van der Waals surface area contributed by atoms with Gasteiger partial charge in [0.2, 0.25) is 0 Å². The Hall–Kier alpha value is 0.130. The first-order valence-corrected chi connectivity index (χ1v) is 7.87. The number of halogens is 1. The van der Waals surface area contributed by atoms with Crippen molar-refractivity contribution in [1.82, 2.24) is 5.32 Å². The van der Waals surface area contributed by atoms with E-state index in [9.17, 15) is 0 Å². The van der Waals surface area contributed by atoms with Crippen LogP contribution in [0.5, 0.6) is 0 Å². The molecule has 0 radical (unpaired) electrons. The topological polar surface area (TPSA) is 39.7 Å². The van der Waals surface area contributed by atoms with Gasteiger partial charge >= 0.3 is 0 Å². The van der Waals surface area contributed by atoms with Crippen molar-refractivity contribution in [2.45, 2.75) is 44.0 Å². The van der Waals surface area contributed by atoms with Gasteiger partial charge in [-0.1, -0.05) is 13.3 Å². The third-order valence-corrected chi connectivity index (χ3v) is 3.50. The molecule has 1 aliphatic rings. The number of ether oxygens (including phenoxy) is 3. The predicted octanol–water partition coefficient (Wildman–Crippen LogP) is 2.20. The van der Waals surface area contributed by atoms with Crippen molar-refractivity contribution in [3.63, 3.8) is 0 Å². The lowest BCUT2D eigenvalue weighted by Crippen LogP contribution is -2.43. The van der Waals surface area contributed by atoms with Gasteiger partial charge < -0.3 is 19.5 Å². The molecule has 5 heteroatoms. The van der Waals surface area contributed by atoms with Crippen molar-refractivity contribution in [2.75, 3.05) is 46.2 Å². The van der Waals surface area contributed by atoms with Gasteiger partial charge in [0.15, 0.2) is 0 Å². The molecule has 0 heterocycles. The molecule has 0 amide bonds. The highest BCUT2D eigenvalue weighted by molar-refractivity contribution is 6.21. The molecule has 4 nitrogen and oxygen atoms in total. The number of rotatable bonds is 13. The number of hydrogen-bond donors (Lipinski definition) is 1. The molecule has 1 fully saturated rings. The molecule has 19 heavy (non-hydrogen) atoms. The van der Waals surface area contributed by atoms with Crippen molar-refractivity contribution >= 4 is 11.6 Å². The highest BCUT2D eigenvalue weighted by Gasteiger charge is 2.25. The minimum Gasteiger partial charge on any atom is -0.379 e. The predicted molar refractivity (Wildman–Crippen MR) is 78.0 cm³/mol. The molecule has 1 saturated carbocycles. The minimum absolute atomic E-state index is 0.381. The first-order valence-electron chi connectivity index (χ1n) is 7.43. The summed E-state index contributed by atoms with van der Waals surface area (Å²) in [6.45, 7) is 7.27. The fraction of sp³-hybridized carbons (Fsp3) is 1.00. The van der Waals surface area contributed by atoms with Crippen LogP contribution in [0.4, 0.5) is 0 Å². The molecule has 0 spiro atoms. The number of hydrogen-bond acceptors (Lipinski definition) is 4. The van der Waals surface area contributed by atoms with E-state index in [0.29, 0.717) is 37.8 Å². The Morgan fingerprint density at radius 1 is 0.947 bits per heavy atom. The van der Waals surface area contributed by atoms with E-state index < -0.39 is 0 Å². The first kappa shape index (κ1) is 17.2. The van der Waals surface area contributed by atoms with Crippen LogP contribution in [0, 0.1) is 0 Å². The molecule has 0 saturated heterocycles. The van der Waals surface area contributed by atoms with Gasteiger partial charge in [0, 0.05) is 24.6 Å². The smallest absolute Gasteiger partial charge is 0.0701 e. The second-order valence-electron chi connectivity index (χ2n) is 4.91. The van der Waals surface area contributed by atoms with Crippen LogP contribution in [0.25, 0.3) is 0 Å². The number of alkyl halides is 1. The van der Waals surface area contributed by atoms with Crippen LogP contribution in [-0.4, -0.2) is 57.6 Å². The van der Waals surface area contributed by atoms with E-state index in [2.05, 4.69) is 12.2 Å². The van der Waals surface area contributed by atoms with Gasteiger partial charge in [-0.15, -0.1) is 11.6 Å². The molecule has 0 aromatic rings. The summed E-state index contributed by atoms with van der Waals surface area (Å²) < 4.78 is 16.2. The molecule has 0 bridgehead atoms. The molecule has 1 rings (SSSR count).